The Morgan fingerprint density at radius 3 is 2.50 bits per heavy atom. The molecule has 3 rings (SSSR count). The molecule has 1 aromatic carbocycles. The highest BCUT2D eigenvalue weighted by Crippen LogP contribution is 2.27. The normalized spacial score (nSPS) is 16.4. The molecule has 0 spiro atoms. The first kappa shape index (κ1) is 20.8. The van der Waals surface area contributed by atoms with E-state index in [1.165, 1.54) is 12.1 Å². The number of hydrogen-bond donors (Lipinski definition) is 1. The van der Waals surface area contributed by atoms with Crippen molar-refractivity contribution in [3.8, 4) is 0 Å². The predicted octanol–water partition coefficient (Wildman–Crippen LogP) is 3.09. The number of carbonyl (C=O) groups is 1. The highest BCUT2D eigenvalue weighted by atomic mass is 35.5. The maximum absolute atomic E-state index is 12.9. The zero-order valence-corrected chi connectivity index (χ0v) is 17.8. The van der Waals surface area contributed by atoms with Gasteiger partial charge in [-0.25, -0.2) is 18.1 Å². The second kappa shape index (κ2) is 7.85. The van der Waals surface area contributed by atoms with Gasteiger partial charge >= 0.3 is 0 Å². The Labute approximate surface area is 170 Å². The van der Waals surface area contributed by atoms with Crippen LogP contribution in [0.1, 0.15) is 50.0 Å². The summed E-state index contributed by atoms with van der Waals surface area (Å²) in [7, 11) is -3.84. The predicted molar refractivity (Wildman–Crippen MR) is 108 cm³/mol. The lowest BCUT2D eigenvalue weighted by molar-refractivity contribution is 0.0694. The number of benzene rings is 1. The van der Waals surface area contributed by atoms with Crippen molar-refractivity contribution in [2.24, 2.45) is 0 Å². The maximum Gasteiger partial charge on any atom is 0.253 e. The molecule has 1 N–H and O–H groups in total. The summed E-state index contributed by atoms with van der Waals surface area (Å²) in [6.45, 7) is 6.45. The van der Waals surface area contributed by atoms with Crippen LogP contribution in [0.2, 0.25) is 5.02 Å². The molecule has 0 bridgehead atoms. The van der Waals surface area contributed by atoms with Crippen molar-refractivity contribution in [3.05, 3.63) is 47.5 Å². The molecule has 7 nitrogen and oxygen atoms in total. The summed E-state index contributed by atoms with van der Waals surface area (Å²) in [5.41, 5.74) is -0.336. The molecule has 2 heterocycles. The molecule has 0 aliphatic carbocycles. The van der Waals surface area contributed by atoms with Crippen LogP contribution >= 0.6 is 11.6 Å². The average Bonchev–Trinajstić information content (AvgIpc) is 3.14. The molecule has 1 aliphatic heterocycles. The second-order valence-electron chi connectivity index (χ2n) is 8.03. The van der Waals surface area contributed by atoms with Crippen LogP contribution in [0, 0.1) is 0 Å². The van der Waals surface area contributed by atoms with Crippen molar-refractivity contribution in [2.75, 3.05) is 13.1 Å². The molecule has 0 radical (unpaired) electrons. The number of aromatic nitrogens is 2. The van der Waals surface area contributed by atoms with Gasteiger partial charge in [0.25, 0.3) is 5.91 Å². The Balaban J connectivity index is 1.76. The van der Waals surface area contributed by atoms with E-state index < -0.39 is 15.6 Å². The summed E-state index contributed by atoms with van der Waals surface area (Å²) >= 11 is 6.12. The Morgan fingerprint density at radius 1 is 1.25 bits per heavy atom. The number of hydrogen-bond acceptors (Lipinski definition) is 4. The van der Waals surface area contributed by atoms with Crippen LogP contribution in [0.25, 0.3) is 0 Å². The third kappa shape index (κ3) is 4.74. The molecule has 1 aromatic heterocycles. The molecule has 28 heavy (non-hydrogen) atoms. The van der Waals surface area contributed by atoms with Crippen molar-refractivity contribution < 1.29 is 13.2 Å². The minimum absolute atomic E-state index is 0.0803. The van der Waals surface area contributed by atoms with E-state index in [1.807, 2.05) is 6.20 Å². The summed E-state index contributed by atoms with van der Waals surface area (Å²) in [6, 6.07) is 4.72. The van der Waals surface area contributed by atoms with Gasteiger partial charge in [0.1, 0.15) is 4.90 Å². The summed E-state index contributed by atoms with van der Waals surface area (Å²) in [5, 5.41) is 0.0899. The van der Waals surface area contributed by atoms with Crippen LogP contribution in [-0.2, 0) is 10.0 Å². The van der Waals surface area contributed by atoms with Crippen LogP contribution in [0.15, 0.2) is 41.8 Å². The van der Waals surface area contributed by atoms with Gasteiger partial charge in [0.15, 0.2) is 0 Å². The van der Waals surface area contributed by atoms with E-state index in [4.69, 9.17) is 11.6 Å². The van der Waals surface area contributed by atoms with E-state index in [2.05, 4.69) is 14.3 Å². The van der Waals surface area contributed by atoms with E-state index in [9.17, 15) is 13.2 Å². The summed E-state index contributed by atoms with van der Waals surface area (Å²) in [5.74, 6) is -0.187. The molecule has 2 aromatic rings. The Bertz CT molecular complexity index is 944. The quantitative estimate of drug-likeness (QED) is 0.817. The lowest BCUT2D eigenvalue weighted by atomic mass is 10.0. The number of amides is 1. The van der Waals surface area contributed by atoms with Crippen LogP contribution in [0.5, 0.6) is 0 Å². The highest BCUT2D eigenvalue weighted by molar-refractivity contribution is 7.89. The smallest absolute Gasteiger partial charge is 0.253 e. The van der Waals surface area contributed by atoms with Crippen LogP contribution < -0.4 is 4.72 Å². The Hall–Kier alpha value is -1.90. The molecule has 0 unspecified atom stereocenters. The molecule has 0 atom stereocenters. The first-order chi connectivity index (χ1) is 13.1. The number of halogens is 1. The van der Waals surface area contributed by atoms with Crippen molar-refractivity contribution in [1.29, 1.82) is 0 Å². The SMILES string of the molecule is CC(C)(C)NS(=O)(=O)c1cc(C(=O)N2CCC(n3ccnc3)CC2)ccc1Cl. The van der Waals surface area contributed by atoms with Gasteiger partial charge in [0.2, 0.25) is 10.0 Å². The van der Waals surface area contributed by atoms with E-state index in [0.29, 0.717) is 24.7 Å². The summed E-state index contributed by atoms with van der Waals surface area (Å²) < 4.78 is 30.0. The van der Waals surface area contributed by atoms with Gasteiger partial charge < -0.3 is 9.47 Å². The van der Waals surface area contributed by atoms with E-state index in [0.717, 1.165) is 12.8 Å². The standard InChI is InChI=1S/C19H25ClN4O3S/c1-19(2,3)22-28(26,27)17-12-14(4-5-16(17)20)18(25)23-9-6-15(7-10-23)24-11-8-21-13-24/h4-5,8,11-13,15,22H,6-7,9-10H2,1-3H3. The fourth-order valence-corrected chi connectivity index (χ4v) is 5.28. The number of piperidine rings is 1. The molecule has 152 valence electrons. The van der Waals surface area contributed by atoms with Crippen LogP contribution in [0.3, 0.4) is 0 Å². The largest absolute Gasteiger partial charge is 0.338 e. The fourth-order valence-electron chi connectivity index (χ4n) is 3.34. The number of nitrogens with zero attached hydrogens (tertiary/aromatic N) is 3. The molecular formula is C19H25ClN4O3S. The molecular weight excluding hydrogens is 400 g/mol. The van der Waals surface area contributed by atoms with Gasteiger partial charge in [-0.05, 0) is 51.8 Å². The van der Waals surface area contributed by atoms with Crippen molar-refractivity contribution in [3.63, 3.8) is 0 Å². The lowest BCUT2D eigenvalue weighted by Crippen LogP contribution is -2.41. The van der Waals surface area contributed by atoms with Gasteiger partial charge in [-0.2, -0.15) is 0 Å². The zero-order chi connectivity index (χ0) is 20.5. The van der Waals surface area contributed by atoms with Gasteiger partial charge in [0, 0.05) is 42.6 Å². The zero-order valence-electron chi connectivity index (χ0n) is 16.2. The van der Waals surface area contributed by atoms with Crippen LogP contribution in [0.4, 0.5) is 0 Å². The highest BCUT2D eigenvalue weighted by Gasteiger charge is 2.28. The molecule has 1 fully saturated rings. The second-order valence-corrected chi connectivity index (χ2v) is 10.1. The summed E-state index contributed by atoms with van der Waals surface area (Å²) in [4.78, 5) is 18.7. The van der Waals surface area contributed by atoms with Crippen molar-refractivity contribution >= 4 is 27.5 Å². The maximum atomic E-state index is 12.9. The number of likely N-dealkylation sites (tertiary alicyclic amines) is 1. The minimum Gasteiger partial charge on any atom is -0.338 e. The number of carbonyl (C=O) groups excluding carboxylic acids is 1. The lowest BCUT2D eigenvalue weighted by Gasteiger charge is -2.32. The van der Waals surface area contributed by atoms with Crippen molar-refractivity contribution in [1.82, 2.24) is 19.2 Å². The third-order valence-electron chi connectivity index (χ3n) is 4.61. The van der Waals surface area contributed by atoms with E-state index >= 15 is 0 Å². The van der Waals surface area contributed by atoms with E-state index in [-0.39, 0.29) is 15.8 Å². The number of nitrogens with one attached hydrogen (secondary N) is 1. The van der Waals surface area contributed by atoms with Crippen LogP contribution in [-0.4, -0.2) is 47.4 Å². The third-order valence-corrected chi connectivity index (χ3v) is 6.85. The fraction of sp³-hybridized carbons (Fsp3) is 0.474. The molecule has 9 heteroatoms. The molecule has 0 saturated carbocycles. The van der Waals surface area contributed by atoms with Gasteiger partial charge in [-0.3, -0.25) is 4.79 Å². The number of imidazole rings is 1. The molecule has 1 amide bonds. The van der Waals surface area contributed by atoms with Gasteiger partial charge in [-0.1, -0.05) is 11.6 Å². The Kier molecular flexibility index (Phi) is 5.84. The average molecular weight is 425 g/mol. The Morgan fingerprint density at radius 2 is 1.93 bits per heavy atom. The molecule has 1 aliphatic rings. The first-order valence-electron chi connectivity index (χ1n) is 9.17. The summed E-state index contributed by atoms with van der Waals surface area (Å²) in [6.07, 6.45) is 7.12. The minimum atomic E-state index is -3.84. The monoisotopic (exact) mass is 424 g/mol. The van der Waals surface area contributed by atoms with Gasteiger partial charge in [0.05, 0.1) is 11.3 Å². The van der Waals surface area contributed by atoms with Crippen molar-refractivity contribution in [2.45, 2.75) is 50.1 Å². The molecule has 1 saturated heterocycles. The number of sulfonamides is 1. The van der Waals surface area contributed by atoms with E-state index in [1.54, 1.807) is 44.3 Å². The first-order valence-corrected chi connectivity index (χ1v) is 11.0. The van der Waals surface area contributed by atoms with Gasteiger partial charge in [-0.15, -0.1) is 0 Å². The number of rotatable bonds is 4. The topological polar surface area (TPSA) is 84.3 Å².